The van der Waals surface area contributed by atoms with Gasteiger partial charge < -0.3 is 15.1 Å². The van der Waals surface area contributed by atoms with Crippen LogP contribution in [0.2, 0.25) is 0 Å². The van der Waals surface area contributed by atoms with Gasteiger partial charge in [-0.3, -0.25) is 4.79 Å². The Balaban J connectivity index is 1.98. The van der Waals surface area contributed by atoms with E-state index in [1.54, 1.807) is 30.3 Å². The first-order valence-corrected chi connectivity index (χ1v) is 11.9. The van der Waals surface area contributed by atoms with E-state index in [2.05, 4.69) is 6.92 Å². The lowest BCUT2D eigenvalue weighted by atomic mass is 9.96. The van der Waals surface area contributed by atoms with E-state index in [4.69, 9.17) is 0 Å². The molecular weight excluding hydrogens is 402 g/mol. The monoisotopic (exact) mass is 437 g/mol. The minimum Gasteiger partial charge on any atom is -0.478 e. The molecular formula is C27H35NO4. The smallest absolute Gasteiger partial charge is 0.337 e. The van der Waals surface area contributed by atoms with Gasteiger partial charge in [-0.1, -0.05) is 75.4 Å². The summed E-state index contributed by atoms with van der Waals surface area (Å²) in [4.78, 5) is 27.6. The maximum atomic E-state index is 13.4. The maximum Gasteiger partial charge on any atom is 0.337 e. The molecule has 2 N–H and O–H groups in total. The highest BCUT2D eigenvalue weighted by Crippen LogP contribution is 2.35. The largest absolute Gasteiger partial charge is 0.478 e. The van der Waals surface area contributed by atoms with Gasteiger partial charge in [-0.25, -0.2) is 4.79 Å². The van der Waals surface area contributed by atoms with Crippen LogP contribution in [0, 0.1) is 0 Å². The second-order valence-electron chi connectivity index (χ2n) is 8.73. The molecule has 0 bridgehead atoms. The lowest BCUT2D eigenvalue weighted by Gasteiger charge is -2.35. The van der Waals surface area contributed by atoms with Crippen molar-refractivity contribution < 1.29 is 19.8 Å². The Kier molecular flexibility index (Phi) is 8.86. The third-order valence-electron chi connectivity index (χ3n) is 6.43. The van der Waals surface area contributed by atoms with Crippen LogP contribution in [0.25, 0.3) is 0 Å². The van der Waals surface area contributed by atoms with Crippen molar-refractivity contribution >= 4 is 17.4 Å². The van der Waals surface area contributed by atoms with Crippen molar-refractivity contribution in [3.63, 3.8) is 0 Å². The van der Waals surface area contributed by atoms with Crippen molar-refractivity contribution in [2.75, 3.05) is 11.4 Å². The zero-order chi connectivity index (χ0) is 22.9. The molecule has 2 aromatic rings. The van der Waals surface area contributed by atoms with E-state index >= 15 is 0 Å². The highest BCUT2D eigenvalue weighted by Gasteiger charge is 2.34. The summed E-state index contributed by atoms with van der Waals surface area (Å²) in [6, 6.07) is 13.7. The van der Waals surface area contributed by atoms with Gasteiger partial charge in [-0.05, 0) is 37.8 Å². The van der Waals surface area contributed by atoms with E-state index in [1.807, 2.05) is 23.1 Å². The third-order valence-corrected chi connectivity index (χ3v) is 6.43. The summed E-state index contributed by atoms with van der Waals surface area (Å²) in [5, 5.41) is 20.7. The van der Waals surface area contributed by atoms with Crippen LogP contribution < -0.4 is 4.90 Å². The van der Waals surface area contributed by atoms with E-state index in [0.29, 0.717) is 29.8 Å². The fraction of sp³-hybridized carbons (Fsp3) is 0.481. The molecule has 2 unspecified atom stereocenters. The number of rotatable bonds is 12. The fourth-order valence-corrected chi connectivity index (χ4v) is 4.74. The SMILES string of the molecule is CCCCCCCCN(c1c(C(=O)O)cccc1C(=O)c1ccccc1)C1CCCC1O. The van der Waals surface area contributed by atoms with Crippen molar-refractivity contribution in [2.24, 2.45) is 0 Å². The molecule has 172 valence electrons. The summed E-state index contributed by atoms with van der Waals surface area (Å²) < 4.78 is 0. The van der Waals surface area contributed by atoms with Crippen LogP contribution in [-0.2, 0) is 0 Å². The van der Waals surface area contributed by atoms with Crippen LogP contribution >= 0.6 is 0 Å². The van der Waals surface area contributed by atoms with Crippen molar-refractivity contribution in [1.29, 1.82) is 0 Å². The molecule has 0 spiro atoms. The van der Waals surface area contributed by atoms with Crippen molar-refractivity contribution in [1.82, 2.24) is 0 Å². The van der Waals surface area contributed by atoms with Gasteiger partial charge in [0.05, 0.1) is 23.4 Å². The number of carboxylic acid groups (broad SMARTS) is 1. The number of carbonyl (C=O) groups is 2. The number of aromatic carboxylic acids is 1. The molecule has 3 rings (SSSR count). The van der Waals surface area contributed by atoms with Crippen molar-refractivity contribution in [2.45, 2.75) is 76.9 Å². The quantitative estimate of drug-likeness (QED) is 0.329. The molecule has 0 amide bonds. The van der Waals surface area contributed by atoms with Crippen LogP contribution in [0.15, 0.2) is 48.5 Å². The first-order chi connectivity index (χ1) is 15.5. The zero-order valence-electron chi connectivity index (χ0n) is 19.0. The van der Waals surface area contributed by atoms with Crippen LogP contribution in [0.3, 0.4) is 0 Å². The molecule has 0 heterocycles. The van der Waals surface area contributed by atoms with E-state index < -0.39 is 12.1 Å². The Hall–Kier alpha value is -2.66. The minimum absolute atomic E-state index is 0.122. The summed E-state index contributed by atoms with van der Waals surface area (Å²) in [5.74, 6) is -1.24. The van der Waals surface area contributed by atoms with E-state index in [0.717, 1.165) is 32.1 Å². The summed E-state index contributed by atoms with van der Waals surface area (Å²) in [6.45, 7) is 2.82. The number of aliphatic hydroxyl groups excluding tert-OH is 1. The molecule has 5 heteroatoms. The average Bonchev–Trinajstić information content (AvgIpc) is 3.24. The molecule has 2 atom stereocenters. The Bertz CT molecular complexity index is 896. The number of hydrogen-bond acceptors (Lipinski definition) is 4. The number of aliphatic hydroxyl groups is 1. The number of para-hydroxylation sites is 1. The van der Waals surface area contributed by atoms with Crippen LogP contribution in [0.4, 0.5) is 5.69 Å². The lowest BCUT2D eigenvalue weighted by Crippen LogP contribution is -2.43. The predicted molar refractivity (Wildman–Crippen MR) is 128 cm³/mol. The Labute approximate surface area is 191 Å². The Morgan fingerprint density at radius 3 is 2.25 bits per heavy atom. The minimum atomic E-state index is -1.05. The Morgan fingerprint density at radius 2 is 1.59 bits per heavy atom. The summed E-state index contributed by atoms with van der Waals surface area (Å²) in [5.41, 5.74) is 1.49. The summed E-state index contributed by atoms with van der Waals surface area (Å²) >= 11 is 0. The zero-order valence-corrected chi connectivity index (χ0v) is 19.0. The first-order valence-electron chi connectivity index (χ1n) is 11.9. The molecule has 32 heavy (non-hydrogen) atoms. The van der Waals surface area contributed by atoms with Gasteiger partial charge in [0.1, 0.15) is 0 Å². The fourth-order valence-electron chi connectivity index (χ4n) is 4.74. The molecule has 1 saturated carbocycles. The van der Waals surface area contributed by atoms with Crippen LogP contribution in [-0.4, -0.2) is 40.7 Å². The number of unbranched alkanes of at least 4 members (excludes halogenated alkanes) is 5. The van der Waals surface area contributed by atoms with Crippen molar-refractivity contribution in [3.8, 4) is 0 Å². The number of carbonyl (C=O) groups excluding carboxylic acids is 1. The number of anilines is 1. The molecule has 0 aliphatic heterocycles. The predicted octanol–water partition coefficient (Wildman–Crippen LogP) is 5.70. The number of carboxylic acids is 1. The van der Waals surface area contributed by atoms with Gasteiger partial charge in [0.2, 0.25) is 0 Å². The van der Waals surface area contributed by atoms with E-state index in [9.17, 15) is 19.8 Å². The second kappa shape index (κ2) is 11.8. The third kappa shape index (κ3) is 5.77. The highest BCUT2D eigenvalue weighted by molar-refractivity contribution is 6.15. The molecule has 0 saturated heterocycles. The van der Waals surface area contributed by atoms with Gasteiger partial charge in [0.15, 0.2) is 5.78 Å². The van der Waals surface area contributed by atoms with Gasteiger partial charge in [0.25, 0.3) is 0 Å². The molecule has 1 aliphatic carbocycles. The second-order valence-corrected chi connectivity index (χ2v) is 8.73. The average molecular weight is 438 g/mol. The number of nitrogens with zero attached hydrogens (tertiary/aromatic N) is 1. The number of hydrogen-bond donors (Lipinski definition) is 2. The molecule has 0 radical (unpaired) electrons. The van der Waals surface area contributed by atoms with Crippen LogP contribution in [0.1, 0.15) is 91.0 Å². The lowest BCUT2D eigenvalue weighted by molar-refractivity contribution is 0.0696. The van der Waals surface area contributed by atoms with Gasteiger partial charge >= 0.3 is 5.97 Å². The topological polar surface area (TPSA) is 77.8 Å². The van der Waals surface area contributed by atoms with Crippen LogP contribution in [0.5, 0.6) is 0 Å². The van der Waals surface area contributed by atoms with Crippen molar-refractivity contribution in [3.05, 3.63) is 65.2 Å². The number of benzene rings is 2. The normalized spacial score (nSPS) is 17.9. The van der Waals surface area contributed by atoms with E-state index in [-0.39, 0.29) is 17.4 Å². The van der Waals surface area contributed by atoms with E-state index in [1.165, 1.54) is 19.3 Å². The summed E-state index contributed by atoms with van der Waals surface area (Å²) in [6.07, 6.45) is 8.60. The molecule has 0 aromatic heterocycles. The van der Waals surface area contributed by atoms with Gasteiger partial charge in [0, 0.05) is 17.7 Å². The molecule has 1 aliphatic rings. The first kappa shape index (κ1) is 24.0. The highest BCUT2D eigenvalue weighted by atomic mass is 16.4. The Morgan fingerprint density at radius 1 is 0.906 bits per heavy atom. The molecule has 1 fully saturated rings. The number of ketones is 1. The van der Waals surface area contributed by atoms with Gasteiger partial charge in [-0.2, -0.15) is 0 Å². The molecule has 5 nitrogen and oxygen atoms in total. The summed E-state index contributed by atoms with van der Waals surface area (Å²) in [7, 11) is 0. The van der Waals surface area contributed by atoms with Gasteiger partial charge in [-0.15, -0.1) is 0 Å². The maximum absolute atomic E-state index is 13.4. The standard InChI is InChI=1S/C27H35NO4/c1-2-3-4-5-6-10-19-28(23-17-12-18-24(23)29)25-21(15-11-16-22(25)27(31)32)26(30)20-13-8-7-9-14-20/h7-9,11,13-16,23-24,29H,2-6,10,12,17-19H2,1H3,(H,31,32). The molecule has 2 aromatic carbocycles.